The second kappa shape index (κ2) is 13.8. The van der Waals surface area contributed by atoms with E-state index in [1.165, 1.54) is 63.5 Å². The largest absolute Gasteiger partial charge is 0.311 e. The minimum Gasteiger partial charge on any atom is -0.311 e. The molecule has 4 nitrogen and oxygen atoms in total. The van der Waals surface area contributed by atoms with Gasteiger partial charge in [0.1, 0.15) is 0 Å². The fraction of sp³-hybridized carbons (Fsp3) is 0.739. The second-order valence-corrected chi connectivity index (χ2v) is 7.82. The number of nitrogens with one attached hydrogen (secondary N) is 1. The van der Waals surface area contributed by atoms with Crippen molar-refractivity contribution < 1.29 is 0 Å². The molecule has 0 atom stereocenters. The van der Waals surface area contributed by atoms with Gasteiger partial charge in [-0.2, -0.15) is 0 Å². The molecule has 0 radical (unpaired) electrons. The van der Waals surface area contributed by atoms with Gasteiger partial charge in [0.2, 0.25) is 0 Å². The molecule has 2 rings (SSSR count). The Morgan fingerprint density at radius 2 is 2.00 bits per heavy atom. The quantitative estimate of drug-likeness (QED) is 0.404. The number of unbranched alkanes of at least 4 members (excludes halogenated alkanes) is 1. The van der Waals surface area contributed by atoms with Crippen LogP contribution in [-0.4, -0.2) is 48.8 Å². The van der Waals surface area contributed by atoms with Crippen molar-refractivity contribution in [1.82, 2.24) is 15.2 Å². The lowest BCUT2D eigenvalue weighted by molar-refractivity contribution is 0.296. The van der Waals surface area contributed by atoms with Gasteiger partial charge in [0.25, 0.3) is 0 Å². The molecule has 0 bridgehead atoms. The van der Waals surface area contributed by atoms with Crippen molar-refractivity contribution in [2.75, 3.05) is 32.7 Å². The van der Waals surface area contributed by atoms with Gasteiger partial charge in [0.05, 0.1) is 5.69 Å². The highest BCUT2D eigenvalue weighted by Gasteiger charge is 2.12. The summed E-state index contributed by atoms with van der Waals surface area (Å²) in [6, 6.07) is 4.21. The molecular formula is C23H40N4. The molecule has 0 spiro atoms. The zero-order valence-corrected chi connectivity index (χ0v) is 17.6. The summed E-state index contributed by atoms with van der Waals surface area (Å²) in [7, 11) is 0. The molecule has 1 heterocycles. The van der Waals surface area contributed by atoms with Gasteiger partial charge in [-0.1, -0.05) is 46.0 Å². The monoisotopic (exact) mass is 372 g/mol. The number of aromatic nitrogens is 1. The normalized spacial score (nSPS) is 15.8. The number of hydrogen-bond acceptors (Lipinski definition) is 4. The first-order chi connectivity index (χ1) is 13.3. The third kappa shape index (κ3) is 9.48. The molecule has 0 aliphatic heterocycles. The zero-order chi connectivity index (χ0) is 19.2. The molecule has 1 fully saturated rings. The van der Waals surface area contributed by atoms with Crippen LogP contribution in [0.25, 0.3) is 0 Å². The maximum absolute atomic E-state index is 4.65. The molecule has 27 heavy (non-hydrogen) atoms. The van der Waals surface area contributed by atoms with E-state index in [0.717, 1.165) is 44.3 Å². The molecule has 1 aromatic heterocycles. The third-order valence-electron chi connectivity index (χ3n) is 5.75. The number of aliphatic imine (C=N–C) groups is 1. The number of pyridine rings is 1. The molecule has 0 unspecified atom stereocenters. The lowest BCUT2D eigenvalue weighted by Gasteiger charge is -2.20. The Morgan fingerprint density at radius 1 is 1.19 bits per heavy atom. The molecule has 1 saturated carbocycles. The van der Waals surface area contributed by atoms with Crippen LogP contribution in [0.5, 0.6) is 0 Å². The molecule has 0 aromatic carbocycles. The Balaban J connectivity index is 1.60. The molecular weight excluding hydrogens is 332 g/mol. The van der Waals surface area contributed by atoms with E-state index in [-0.39, 0.29) is 0 Å². The predicted molar refractivity (Wildman–Crippen MR) is 117 cm³/mol. The van der Waals surface area contributed by atoms with E-state index in [9.17, 15) is 0 Å². The van der Waals surface area contributed by atoms with Gasteiger partial charge in [0, 0.05) is 25.5 Å². The van der Waals surface area contributed by atoms with Gasteiger partial charge in [-0.3, -0.25) is 9.98 Å². The maximum Gasteiger partial charge on any atom is 0.0548 e. The van der Waals surface area contributed by atoms with Crippen molar-refractivity contribution in [3.05, 3.63) is 29.6 Å². The predicted octanol–water partition coefficient (Wildman–Crippen LogP) is 4.68. The zero-order valence-electron chi connectivity index (χ0n) is 17.6. The Morgan fingerprint density at radius 3 is 2.78 bits per heavy atom. The molecule has 1 aliphatic carbocycles. The minimum atomic E-state index is 0.842. The van der Waals surface area contributed by atoms with Crippen LogP contribution >= 0.6 is 0 Å². The lowest BCUT2D eigenvalue weighted by atomic mass is 9.87. The summed E-state index contributed by atoms with van der Waals surface area (Å²) in [5.74, 6) is 0.912. The van der Waals surface area contributed by atoms with Crippen LogP contribution in [0, 0.1) is 5.92 Å². The first-order valence-electron chi connectivity index (χ1n) is 11.2. The Labute approximate surface area is 166 Å². The molecule has 4 heteroatoms. The van der Waals surface area contributed by atoms with Crippen molar-refractivity contribution in [3.8, 4) is 0 Å². The van der Waals surface area contributed by atoms with E-state index < -0.39 is 0 Å². The summed E-state index contributed by atoms with van der Waals surface area (Å²) in [6.07, 6.45) is 14.8. The van der Waals surface area contributed by atoms with Gasteiger partial charge in [-0.05, 0) is 69.1 Å². The SMILES string of the molecule is CCN(CC)CCCCNCc1cc(C=NCCC2CCCCC2)ccn1. The highest BCUT2D eigenvalue weighted by molar-refractivity contribution is 5.79. The summed E-state index contributed by atoms with van der Waals surface area (Å²) < 4.78 is 0. The summed E-state index contributed by atoms with van der Waals surface area (Å²) in [4.78, 5) is 11.6. The van der Waals surface area contributed by atoms with Crippen molar-refractivity contribution in [2.24, 2.45) is 10.9 Å². The van der Waals surface area contributed by atoms with Gasteiger partial charge >= 0.3 is 0 Å². The standard InChI is InChI=1S/C23H40N4/c1-3-27(4-2)17-9-8-14-24-20-23-18-22(13-16-26-23)19-25-15-12-21-10-6-5-7-11-21/h13,16,18-19,21,24H,3-12,14-15,17,20H2,1-2H3. The smallest absolute Gasteiger partial charge is 0.0548 e. The van der Waals surface area contributed by atoms with E-state index in [1.54, 1.807) is 0 Å². The van der Waals surface area contributed by atoms with Crippen molar-refractivity contribution in [2.45, 2.75) is 71.8 Å². The summed E-state index contributed by atoms with van der Waals surface area (Å²) in [5.41, 5.74) is 2.28. The molecule has 0 saturated heterocycles. The Hall–Kier alpha value is -1.26. The highest BCUT2D eigenvalue weighted by Crippen LogP contribution is 2.26. The van der Waals surface area contributed by atoms with Crippen LogP contribution in [-0.2, 0) is 6.54 Å². The molecule has 1 aromatic rings. The number of nitrogens with zero attached hydrogens (tertiary/aromatic N) is 3. The fourth-order valence-corrected chi connectivity index (χ4v) is 3.92. The third-order valence-corrected chi connectivity index (χ3v) is 5.75. The van der Waals surface area contributed by atoms with E-state index in [2.05, 4.69) is 46.2 Å². The van der Waals surface area contributed by atoms with Gasteiger partial charge in [-0.15, -0.1) is 0 Å². The van der Waals surface area contributed by atoms with E-state index in [4.69, 9.17) is 0 Å². The molecule has 1 aliphatic rings. The summed E-state index contributed by atoms with van der Waals surface area (Å²) in [5, 5.41) is 3.52. The number of rotatable bonds is 13. The van der Waals surface area contributed by atoms with Crippen molar-refractivity contribution >= 4 is 6.21 Å². The van der Waals surface area contributed by atoms with Gasteiger partial charge in [-0.25, -0.2) is 0 Å². The lowest BCUT2D eigenvalue weighted by Crippen LogP contribution is -2.25. The first-order valence-corrected chi connectivity index (χ1v) is 11.2. The Kier molecular flexibility index (Phi) is 11.3. The molecule has 152 valence electrons. The van der Waals surface area contributed by atoms with Crippen molar-refractivity contribution in [3.63, 3.8) is 0 Å². The topological polar surface area (TPSA) is 40.5 Å². The average molecular weight is 373 g/mol. The van der Waals surface area contributed by atoms with Gasteiger partial charge < -0.3 is 10.2 Å². The number of hydrogen-bond donors (Lipinski definition) is 1. The second-order valence-electron chi connectivity index (χ2n) is 7.82. The molecule has 1 N–H and O–H groups in total. The highest BCUT2D eigenvalue weighted by atomic mass is 15.1. The van der Waals surface area contributed by atoms with Crippen LogP contribution in [0.4, 0.5) is 0 Å². The van der Waals surface area contributed by atoms with Crippen LogP contribution in [0.3, 0.4) is 0 Å². The van der Waals surface area contributed by atoms with E-state index in [1.807, 2.05) is 12.4 Å². The minimum absolute atomic E-state index is 0.842. The van der Waals surface area contributed by atoms with Crippen molar-refractivity contribution in [1.29, 1.82) is 0 Å². The van der Waals surface area contributed by atoms with Crippen LogP contribution in [0.1, 0.15) is 76.5 Å². The first kappa shape index (κ1) is 22.0. The van der Waals surface area contributed by atoms with E-state index in [0.29, 0.717) is 0 Å². The van der Waals surface area contributed by atoms with Crippen LogP contribution < -0.4 is 5.32 Å². The van der Waals surface area contributed by atoms with Crippen LogP contribution in [0.2, 0.25) is 0 Å². The summed E-state index contributed by atoms with van der Waals surface area (Å²) in [6.45, 7) is 10.9. The van der Waals surface area contributed by atoms with Gasteiger partial charge in [0.15, 0.2) is 0 Å². The maximum atomic E-state index is 4.65. The van der Waals surface area contributed by atoms with E-state index >= 15 is 0 Å². The Bertz CT molecular complexity index is 519. The van der Waals surface area contributed by atoms with Crippen LogP contribution in [0.15, 0.2) is 23.3 Å². The average Bonchev–Trinajstić information content (AvgIpc) is 2.72. The fourth-order valence-electron chi connectivity index (χ4n) is 3.92. The summed E-state index contributed by atoms with van der Waals surface area (Å²) >= 11 is 0. The molecule has 0 amide bonds.